The number of nitrogens with two attached hydrogens (primary N) is 1. The number of hydrogen-bond acceptors (Lipinski definition) is 2. The van der Waals surface area contributed by atoms with Crippen LogP contribution in [-0.2, 0) is 11.2 Å². The van der Waals surface area contributed by atoms with E-state index in [0.29, 0.717) is 0 Å². The number of carbonyl (C=O) groups is 1. The van der Waals surface area contributed by atoms with E-state index < -0.39 is 0 Å². The van der Waals surface area contributed by atoms with Crippen molar-refractivity contribution in [3.05, 3.63) is 29.8 Å². The molecule has 1 aromatic carbocycles. The molecule has 3 nitrogen and oxygen atoms in total. The number of hydrogen-bond donors (Lipinski definition) is 2. The van der Waals surface area contributed by atoms with Crippen LogP contribution >= 0.6 is 0 Å². The lowest BCUT2D eigenvalue weighted by atomic mass is 10.0. The fourth-order valence-corrected chi connectivity index (χ4v) is 2.59. The second-order valence-corrected chi connectivity index (χ2v) is 5.14. The van der Waals surface area contributed by atoms with Crippen LogP contribution in [0.4, 0.5) is 5.69 Å². The minimum absolute atomic E-state index is 0.0136. The van der Waals surface area contributed by atoms with Gasteiger partial charge in [0, 0.05) is 11.7 Å². The smallest absolute Gasteiger partial charge is 0.229 e. The highest BCUT2D eigenvalue weighted by atomic mass is 16.1. The Kier molecular flexibility index (Phi) is 4.37. The van der Waals surface area contributed by atoms with E-state index in [1.54, 1.807) is 0 Å². The third-order valence-corrected chi connectivity index (χ3v) is 3.67. The Morgan fingerprint density at radius 3 is 2.61 bits per heavy atom. The Bertz CT molecular complexity index is 399. The summed E-state index contributed by atoms with van der Waals surface area (Å²) in [6, 6.07) is 8.14. The predicted octanol–water partition coefficient (Wildman–Crippen LogP) is 2.71. The SMILES string of the molecule is CCCc1ccc(NC(=O)C2CCCC2N)cc1. The summed E-state index contributed by atoms with van der Waals surface area (Å²) in [7, 11) is 0. The van der Waals surface area contributed by atoms with E-state index in [9.17, 15) is 4.79 Å². The van der Waals surface area contributed by atoms with Gasteiger partial charge in [-0.05, 0) is 37.0 Å². The maximum atomic E-state index is 12.0. The molecule has 3 heteroatoms. The predicted molar refractivity (Wildman–Crippen MR) is 74.4 cm³/mol. The Balaban J connectivity index is 1.94. The molecule has 0 radical (unpaired) electrons. The van der Waals surface area contributed by atoms with Crippen LogP contribution in [0.1, 0.15) is 38.2 Å². The maximum Gasteiger partial charge on any atom is 0.229 e. The summed E-state index contributed by atoms with van der Waals surface area (Å²) in [4.78, 5) is 12.0. The molecule has 3 N–H and O–H groups in total. The number of nitrogens with one attached hydrogen (secondary N) is 1. The average molecular weight is 246 g/mol. The van der Waals surface area contributed by atoms with Gasteiger partial charge in [0.25, 0.3) is 0 Å². The molecule has 0 heterocycles. The van der Waals surface area contributed by atoms with Gasteiger partial charge in [0.2, 0.25) is 5.91 Å². The molecule has 0 spiro atoms. The van der Waals surface area contributed by atoms with Gasteiger partial charge in [0.05, 0.1) is 5.92 Å². The van der Waals surface area contributed by atoms with Crippen molar-refractivity contribution in [2.45, 2.75) is 45.1 Å². The van der Waals surface area contributed by atoms with Crippen molar-refractivity contribution in [2.24, 2.45) is 11.7 Å². The number of anilines is 1. The van der Waals surface area contributed by atoms with E-state index in [4.69, 9.17) is 5.73 Å². The van der Waals surface area contributed by atoms with Gasteiger partial charge in [-0.2, -0.15) is 0 Å². The van der Waals surface area contributed by atoms with Gasteiger partial charge < -0.3 is 11.1 Å². The minimum atomic E-state index is -0.0136. The zero-order chi connectivity index (χ0) is 13.0. The van der Waals surface area contributed by atoms with Crippen molar-refractivity contribution >= 4 is 11.6 Å². The molecule has 2 rings (SSSR count). The van der Waals surface area contributed by atoms with E-state index in [1.165, 1.54) is 5.56 Å². The van der Waals surface area contributed by atoms with Crippen LogP contribution in [0.5, 0.6) is 0 Å². The molecular formula is C15H22N2O. The quantitative estimate of drug-likeness (QED) is 0.858. The van der Waals surface area contributed by atoms with Gasteiger partial charge in [-0.1, -0.05) is 31.9 Å². The average Bonchev–Trinajstić information content (AvgIpc) is 2.78. The summed E-state index contributed by atoms with van der Waals surface area (Å²) >= 11 is 0. The topological polar surface area (TPSA) is 55.1 Å². The van der Waals surface area contributed by atoms with E-state index in [2.05, 4.69) is 24.4 Å². The zero-order valence-corrected chi connectivity index (χ0v) is 11.0. The van der Waals surface area contributed by atoms with Crippen LogP contribution in [0.2, 0.25) is 0 Å². The van der Waals surface area contributed by atoms with Crippen molar-refractivity contribution in [3.8, 4) is 0 Å². The number of amides is 1. The van der Waals surface area contributed by atoms with Crippen LogP contribution < -0.4 is 11.1 Å². The Labute approximate surface area is 109 Å². The molecule has 0 bridgehead atoms. The summed E-state index contributed by atoms with van der Waals surface area (Å²) in [5.41, 5.74) is 8.12. The Morgan fingerprint density at radius 2 is 2.06 bits per heavy atom. The monoisotopic (exact) mass is 246 g/mol. The Morgan fingerprint density at radius 1 is 1.33 bits per heavy atom. The third-order valence-electron chi connectivity index (χ3n) is 3.67. The van der Waals surface area contributed by atoms with Gasteiger partial charge in [-0.15, -0.1) is 0 Å². The molecule has 18 heavy (non-hydrogen) atoms. The molecule has 98 valence electrons. The molecule has 0 aromatic heterocycles. The first-order valence-electron chi connectivity index (χ1n) is 6.86. The molecule has 1 amide bonds. The highest BCUT2D eigenvalue weighted by Crippen LogP contribution is 2.25. The van der Waals surface area contributed by atoms with Crippen LogP contribution in [0, 0.1) is 5.92 Å². The normalized spacial score (nSPS) is 23.0. The second kappa shape index (κ2) is 6.01. The first kappa shape index (κ1) is 13.1. The molecular weight excluding hydrogens is 224 g/mol. The number of rotatable bonds is 4. The summed E-state index contributed by atoms with van der Waals surface area (Å²) in [6.45, 7) is 2.16. The molecule has 2 unspecified atom stereocenters. The van der Waals surface area contributed by atoms with E-state index in [-0.39, 0.29) is 17.9 Å². The molecule has 1 aliphatic rings. The first-order valence-corrected chi connectivity index (χ1v) is 6.86. The standard InChI is InChI=1S/C15H22N2O/c1-2-4-11-7-9-12(10-8-11)17-15(18)13-5-3-6-14(13)16/h7-10,13-14H,2-6,16H2,1H3,(H,17,18). The fraction of sp³-hybridized carbons (Fsp3) is 0.533. The molecule has 0 saturated heterocycles. The van der Waals surface area contributed by atoms with Gasteiger partial charge in [0.15, 0.2) is 0 Å². The highest BCUT2D eigenvalue weighted by molar-refractivity contribution is 5.93. The highest BCUT2D eigenvalue weighted by Gasteiger charge is 2.30. The summed E-state index contributed by atoms with van der Waals surface area (Å²) in [5.74, 6) is 0.0589. The van der Waals surface area contributed by atoms with Crippen molar-refractivity contribution in [1.82, 2.24) is 0 Å². The van der Waals surface area contributed by atoms with E-state index in [1.807, 2.05) is 12.1 Å². The van der Waals surface area contributed by atoms with Crippen molar-refractivity contribution < 1.29 is 4.79 Å². The van der Waals surface area contributed by atoms with Crippen LogP contribution in [0.3, 0.4) is 0 Å². The van der Waals surface area contributed by atoms with Crippen molar-refractivity contribution in [2.75, 3.05) is 5.32 Å². The number of aryl methyl sites for hydroxylation is 1. The van der Waals surface area contributed by atoms with Crippen LogP contribution in [-0.4, -0.2) is 11.9 Å². The summed E-state index contributed by atoms with van der Waals surface area (Å²) in [6.07, 6.45) is 5.17. The second-order valence-electron chi connectivity index (χ2n) is 5.14. The van der Waals surface area contributed by atoms with Gasteiger partial charge >= 0.3 is 0 Å². The minimum Gasteiger partial charge on any atom is -0.327 e. The van der Waals surface area contributed by atoms with Gasteiger partial charge in [-0.3, -0.25) is 4.79 Å². The van der Waals surface area contributed by atoms with Crippen molar-refractivity contribution in [1.29, 1.82) is 0 Å². The largest absolute Gasteiger partial charge is 0.327 e. The molecule has 1 fully saturated rings. The summed E-state index contributed by atoms with van der Waals surface area (Å²) in [5, 5.41) is 2.96. The summed E-state index contributed by atoms with van der Waals surface area (Å²) < 4.78 is 0. The lowest BCUT2D eigenvalue weighted by Crippen LogP contribution is -2.34. The Hall–Kier alpha value is -1.35. The van der Waals surface area contributed by atoms with Crippen LogP contribution in [0.25, 0.3) is 0 Å². The first-order chi connectivity index (χ1) is 8.70. The maximum absolute atomic E-state index is 12.0. The number of benzene rings is 1. The molecule has 1 saturated carbocycles. The van der Waals surface area contributed by atoms with Crippen molar-refractivity contribution in [3.63, 3.8) is 0 Å². The zero-order valence-electron chi connectivity index (χ0n) is 11.0. The lowest BCUT2D eigenvalue weighted by Gasteiger charge is -2.15. The van der Waals surface area contributed by atoms with E-state index in [0.717, 1.165) is 37.8 Å². The van der Waals surface area contributed by atoms with Gasteiger partial charge in [0.1, 0.15) is 0 Å². The fourth-order valence-electron chi connectivity index (χ4n) is 2.59. The van der Waals surface area contributed by atoms with E-state index >= 15 is 0 Å². The van der Waals surface area contributed by atoms with Gasteiger partial charge in [-0.25, -0.2) is 0 Å². The molecule has 1 aromatic rings. The lowest BCUT2D eigenvalue weighted by molar-refractivity contribution is -0.120. The molecule has 1 aliphatic carbocycles. The number of carbonyl (C=O) groups excluding carboxylic acids is 1. The van der Waals surface area contributed by atoms with Crippen LogP contribution in [0.15, 0.2) is 24.3 Å². The molecule has 0 aliphatic heterocycles. The third kappa shape index (κ3) is 3.10. The molecule has 2 atom stereocenters.